The molecule has 1 amide bonds. The molecule has 0 aliphatic heterocycles. The Morgan fingerprint density at radius 3 is 1.72 bits per heavy atom. The van der Waals surface area contributed by atoms with Gasteiger partial charge in [0.1, 0.15) is 0 Å². The van der Waals surface area contributed by atoms with Crippen molar-refractivity contribution in [1.29, 1.82) is 0 Å². The molecule has 148 valence electrons. The SMILES string of the molecule is CCCCCCCCCCCCCCCCC(O)CC=CNC(C)=O. The molecule has 0 fully saturated rings. The molecule has 3 nitrogen and oxygen atoms in total. The summed E-state index contributed by atoms with van der Waals surface area (Å²) < 4.78 is 0. The van der Waals surface area contributed by atoms with Crippen molar-refractivity contribution in [1.82, 2.24) is 5.32 Å². The van der Waals surface area contributed by atoms with Crippen LogP contribution in [0, 0.1) is 0 Å². The van der Waals surface area contributed by atoms with E-state index >= 15 is 0 Å². The minimum atomic E-state index is -0.276. The predicted octanol–water partition coefficient (Wildman–Crippen LogP) is 6.26. The van der Waals surface area contributed by atoms with Gasteiger partial charge in [-0.1, -0.05) is 103 Å². The summed E-state index contributed by atoms with van der Waals surface area (Å²) in [5, 5.41) is 12.4. The summed E-state index contributed by atoms with van der Waals surface area (Å²) in [7, 11) is 0. The lowest BCUT2D eigenvalue weighted by molar-refractivity contribution is -0.118. The maximum absolute atomic E-state index is 10.7. The molecule has 0 rings (SSSR count). The summed E-state index contributed by atoms with van der Waals surface area (Å²) in [5.41, 5.74) is 0. The summed E-state index contributed by atoms with van der Waals surface area (Å²) in [6.45, 7) is 3.76. The number of unbranched alkanes of at least 4 members (excludes halogenated alkanes) is 13. The Kier molecular flexibility index (Phi) is 18.8. The molecule has 0 aliphatic rings. The molecule has 2 N–H and O–H groups in total. The Labute approximate surface area is 156 Å². The van der Waals surface area contributed by atoms with Gasteiger partial charge in [0.15, 0.2) is 0 Å². The lowest BCUT2D eigenvalue weighted by Gasteiger charge is -2.07. The average Bonchev–Trinajstić information content (AvgIpc) is 2.59. The third kappa shape index (κ3) is 21.1. The fourth-order valence-corrected chi connectivity index (χ4v) is 3.09. The van der Waals surface area contributed by atoms with Crippen molar-refractivity contribution in [2.75, 3.05) is 0 Å². The van der Waals surface area contributed by atoms with Gasteiger partial charge < -0.3 is 10.4 Å². The van der Waals surface area contributed by atoms with Gasteiger partial charge in [-0.25, -0.2) is 0 Å². The smallest absolute Gasteiger partial charge is 0.220 e. The average molecular weight is 354 g/mol. The summed E-state index contributed by atoms with van der Waals surface area (Å²) in [6, 6.07) is 0. The Hall–Kier alpha value is -0.830. The van der Waals surface area contributed by atoms with Gasteiger partial charge in [-0.2, -0.15) is 0 Å². The first-order valence-corrected chi connectivity index (χ1v) is 10.8. The maximum atomic E-state index is 10.7. The molecule has 0 saturated carbocycles. The highest BCUT2D eigenvalue weighted by molar-refractivity contribution is 5.73. The van der Waals surface area contributed by atoms with E-state index in [1.54, 1.807) is 6.20 Å². The highest BCUT2D eigenvalue weighted by atomic mass is 16.3. The van der Waals surface area contributed by atoms with Crippen molar-refractivity contribution in [3.8, 4) is 0 Å². The quantitative estimate of drug-likeness (QED) is 0.286. The molecule has 0 aromatic carbocycles. The Morgan fingerprint density at radius 2 is 1.28 bits per heavy atom. The van der Waals surface area contributed by atoms with E-state index in [-0.39, 0.29) is 12.0 Å². The molecular formula is C22H43NO2. The van der Waals surface area contributed by atoms with E-state index in [4.69, 9.17) is 0 Å². The van der Waals surface area contributed by atoms with Crippen LogP contribution < -0.4 is 5.32 Å². The monoisotopic (exact) mass is 353 g/mol. The van der Waals surface area contributed by atoms with Gasteiger partial charge in [0.05, 0.1) is 6.10 Å². The van der Waals surface area contributed by atoms with Gasteiger partial charge in [0, 0.05) is 6.92 Å². The van der Waals surface area contributed by atoms with Crippen LogP contribution in [0.5, 0.6) is 0 Å². The molecule has 1 atom stereocenters. The van der Waals surface area contributed by atoms with Crippen LogP contribution in [0.4, 0.5) is 0 Å². The lowest BCUT2D eigenvalue weighted by Crippen LogP contribution is -2.12. The van der Waals surface area contributed by atoms with E-state index in [9.17, 15) is 9.90 Å². The van der Waals surface area contributed by atoms with Crippen LogP contribution in [0.25, 0.3) is 0 Å². The summed E-state index contributed by atoms with van der Waals surface area (Å²) in [6.07, 6.45) is 23.7. The number of aliphatic hydroxyl groups excluding tert-OH is 1. The fraction of sp³-hybridized carbons (Fsp3) is 0.864. The number of aliphatic hydroxyl groups is 1. The van der Waals surface area contributed by atoms with Crippen LogP contribution in [0.15, 0.2) is 12.3 Å². The van der Waals surface area contributed by atoms with Crippen LogP contribution in [-0.4, -0.2) is 17.1 Å². The fourth-order valence-electron chi connectivity index (χ4n) is 3.09. The topological polar surface area (TPSA) is 49.3 Å². The molecule has 0 aromatic rings. The molecule has 1 unspecified atom stereocenters. The Morgan fingerprint density at radius 1 is 0.840 bits per heavy atom. The molecule has 0 aliphatic carbocycles. The minimum absolute atomic E-state index is 0.0716. The van der Waals surface area contributed by atoms with Crippen molar-refractivity contribution < 1.29 is 9.90 Å². The molecule has 0 radical (unpaired) electrons. The van der Waals surface area contributed by atoms with Crippen LogP contribution in [0.2, 0.25) is 0 Å². The van der Waals surface area contributed by atoms with Gasteiger partial charge in [-0.15, -0.1) is 0 Å². The van der Waals surface area contributed by atoms with Crippen molar-refractivity contribution in [3.05, 3.63) is 12.3 Å². The third-order valence-electron chi connectivity index (χ3n) is 4.70. The van der Waals surface area contributed by atoms with Gasteiger partial charge in [0.2, 0.25) is 5.91 Å². The van der Waals surface area contributed by atoms with E-state index in [0.29, 0.717) is 6.42 Å². The van der Waals surface area contributed by atoms with Crippen molar-refractivity contribution >= 4 is 5.91 Å². The molecule has 0 spiro atoms. The number of carbonyl (C=O) groups excluding carboxylic acids is 1. The first-order chi connectivity index (χ1) is 12.2. The molecule has 3 heteroatoms. The molecular weight excluding hydrogens is 310 g/mol. The highest BCUT2D eigenvalue weighted by Gasteiger charge is 2.01. The largest absolute Gasteiger partial charge is 0.393 e. The van der Waals surface area contributed by atoms with E-state index in [1.807, 2.05) is 6.08 Å². The van der Waals surface area contributed by atoms with Crippen molar-refractivity contribution in [3.63, 3.8) is 0 Å². The summed E-state index contributed by atoms with van der Waals surface area (Å²) in [5.74, 6) is -0.0716. The van der Waals surface area contributed by atoms with Crippen molar-refractivity contribution in [2.45, 2.75) is 123 Å². The number of carbonyl (C=O) groups is 1. The van der Waals surface area contributed by atoms with E-state index in [1.165, 1.54) is 90.4 Å². The Bertz CT molecular complexity index is 315. The van der Waals surface area contributed by atoms with Crippen molar-refractivity contribution in [2.24, 2.45) is 0 Å². The summed E-state index contributed by atoms with van der Waals surface area (Å²) in [4.78, 5) is 10.7. The van der Waals surface area contributed by atoms with E-state index < -0.39 is 0 Å². The van der Waals surface area contributed by atoms with E-state index in [2.05, 4.69) is 12.2 Å². The summed E-state index contributed by atoms with van der Waals surface area (Å²) >= 11 is 0. The normalized spacial score (nSPS) is 12.6. The minimum Gasteiger partial charge on any atom is -0.393 e. The molecule has 0 bridgehead atoms. The van der Waals surface area contributed by atoms with Gasteiger partial charge in [-0.05, 0) is 19.0 Å². The Balaban J connectivity index is 3.18. The number of hydrogen-bond acceptors (Lipinski definition) is 2. The first kappa shape index (κ1) is 24.2. The molecule has 25 heavy (non-hydrogen) atoms. The number of hydrogen-bond donors (Lipinski definition) is 2. The number of rotatable bonds is 18. The second kappa shape index (κ2) is 19.5. The molecule has 0 saturated heterocycles. The first-order valence-electron chi connectivity index (χ1n) is 10.8. The van der Waals surface area contributed by atoms with Gasteiger partial charge in [-0.3, -0.25) is 4.79 Å². The van der Waals surface area contributed by atoms with Gasteiger partial charge >= 0.3 is 0 Å². The second-order valence-electron chi connectivity index (χ2n) is 7.38. The predicted molar refractivity (Wildman–Crippen MR) is 109 cm³/mol. The third-order valence-corrected chi connectivity index (χ3v) is 4.70. The van der Waals surface area contributed by atoms with Crippen LogP contribution >= 0.6 is 0 Å². The zero-order valence-corrected chi connectivity index (χ0v) is 16.9. The van der Waals surface area contributed by atoms with Crippen LogP contribution in [-0.2, 0) is 4.79 Å². The van der Waals surface area contributed by atoms with Crippen LogP contribution in [0.3, 0.4) is 0 Å². The maximum Gasteiger partial charge on any atom is 0.220 e. The zero-order chi connectivity index (χ0) is 18.6. The lowest BCUT2D eigenvalue weighted by atomic mass is 10.0. The van der Waals surface area contributed by atoms with Gasteiger partial charge in [0.25, 0.3) is 0 Å². The standard InChI is InChI=1S/C22H43NO2/c1-3-4-5-6-7-8-9-10-11-12-13-14-15-16-18-22(25)19-17-20-23-21(2)24/h17,20,22,25H,3-16,18-19H2,1-2H3,(H,23,24). The van der Waals surface area contributed by atoms with E-state index in [0.717, 1.165) is 12.8 Å². The zero-order valence-electron chi connectivity index (χ0n) is 16.9. The van der Waals surface area contributed by atoms with Crippen LogP contribution in [0.1, 0.15) is 117 Å². The number of amides is 1. The molecule has 0 aromatic heterocycles. The highest BCUT2D eigenvalue weighted by Crippen LogP contribution is 2.14. The molecule has 0 heterocycles. The number of nitrogens with one attached hydrogen (secondary N) is 1. The second-order valence-corrected chi connectivity index (χ2v) is 7.38.